The van der Waals surface area contributed by atoms with Crippen LogP contribution in [0.1, 0.15) is 0 Å². The summed E-state index contributed by atoms with van der Waals surface area (Å²) in [6, 6.07) is 9.98. The van der Waals surface area contributed by atoms with Crippen molar-refractivity contribution in [2.75, 3.05) is 17.3 Å². The molecule has 3 N–H and O–H groups in total. The molecule has 0 fully saturated rings. The van der Waals surface area contributed by atoms with Crippen molar-refractivity contribution in [2.45, 2.75) is 15.3 Å². The van der Waals surface area contributed by atoms with Gasteiger partial charge in [-0.2, -0.15) is 13.2 Å². The van der Waals surface area contributed by atoms with Gasteiger partial charge in [-0.3, -0.25) is 0 Å². The zero-order valence-corrected chi connectivity index (χ0v) is 19.5. The van der Waals surface area contributed by atoms with E-state index in [2.05, 4.69) is 20.3 Å². The first kappa shape index (κ1) is 23.8. The molecule has 0 atom stereocenters. The second-order valence-electron chi connectivity index (χ2n) is 6.97. The van der Waals surface area contributed by atoms with Crippen molar-refractivity contribution in [1.82, 2.24) is 15.0 Å². The average molecular weight is 530 g/mol. The van der Waals surface area contributed by atoms with Gasteiger partial charge in [0.05, 0.1) is 9.79 Å². The summed E-state index contributed by atoms with van der Waals surface area (Å²) in [5, 5.41) is 3.02. The van der Waals surface area contributed by atoms with Gasteiger partial charge in [-0.15, -0.1) is 0 Å². The van der Waals surface area contributed by atoms with Crippen molar-refractivity contribution in [3.8, 4) is 11.4 Å². The molecule has 4 aromatic rings. The predicted octanol–water partition coefficient (Wildman–Crippen LogP) is 3.78. The van der Waals surface area contributed by atoms with Gasteiger partial charge < -0.3 is 11.1 Å². The maximum absolute atomic E-state index is 12.8. The van der Waals surface area contributed by atoms with Gasteiger partial charge in [0.15, 0.2) is 31.4 Å². The number of benzene rings is 2. The molecular weight excluding hydrogens is 515 g/mol. The van der Waals surface area contributed by atoms with Gasteiger partial charge in [0.1, 0.15) is 5.52 Å². The summed E-state index contributed by atoms with van der Waals surface area (Å²) < 4.78 is 86.0. The van der Waals surface area contributed by atoms with Crippen molar-refractivity contribution in [1.29, 1.82) is 0 Å². The van der Waals surface area contributed by atoms with Gasteiger partial charge in [0.2, 0.25) is 0 Å². The Morgan fingerprint density at radius 2 is 1.59 bits per heavy atom. The van der Waals surface area contributed by atoms with Crippen LogP contribution < -0.4 is 11.1 Å². The Bertz CT molecular complexity index is 1620. The number of hydrogen-bond acceptors (Lipinski definition) is 10. The molecule has 2 aromatic heterocycles. The van der Waals surface area contributed by atoms with E-state index in [-0.39, 0.29) is 38.4 Å². The van der Waals surface area contributed by atoms with E-state index in [0.717, 1.165) is 41.9 Å². The summed E-state index contributed by atoms with van der Waals surface area (Å²) in [4.78, 5) is 12.3. The van der Waals surface area contributed by atoms with E-state index in [1.807, 2.05) is 0 Å². The highest BCUT2D eigenvalue weighted by atomic mass is 32.2. The van der Waals surface area contributed by atoms with E-state index in [0.29, 0.717) is 4.83 Å². The largest absolute Gasteiger partial charge is 0.501 e. The van der Waals surface area contributed by atoms with Gasteiger partial charge in [-0.1, -0.05) is 23.5 Å². The number of thiazole rings is 1. The number of halogens is 3. The Hall–Kier alpha value is -3.30. The lowest BCUT2D eigenvalue weighted by molar-refractivity contribution is -0.0436. The van der Waals surface area contributed by atoms with Gasteiger partial charge in [-0.25, -0.2) is 31.8 Å². The lowest BCUT2D eigenvalue weighted by atomic mass is 10.2. The van der Waals surface area contributed by atoms with Crippen LogP contribution in [0, 0.1) is 0 Å². The lowest BCUT2D eigenvalue weighted by Crippen LogP contribution is -2.23. The molecule has 15 heteroatoms. The molecule has 0 unspecified atom stereocenters. The number of alkyl halides is 3. The Balaban J connectivity index is 1.81. The third-order valence-corrected chi connectivity index (χ3v) is 7.97. The summed E-state index contributed by atoms with van der Waals surface area (Å²) in [6.45, 7) is 0. The number of nitrogens with one attached hydrogen (secondary N) is 1. The number of hydrogen-bond donors (Lipinski definition) is 2. The molecule has 0 amide bonds. The van der Waals surface area contributed by atoms with E-state index >= 15 is 0 Å². The monoisotopic (exact) mass is 529 g/mol. The highest BCUT2D eigenvalue weighted by Crippen LogP contribution is 2.34. The number of aromatic nitrogens is 3. The van der Waals surface area contributed by atoms with Gasteiger partial charge in [0.25, 0.3) is 9.84 Å². The molecule has 0 saturated carbocycles. The third-order valence-electron chi connectivity index (χ3n) is 4.53. The number of nitrogen functional groups attached to an aromatic ring is 1. The minimum absolute atomic E-state index is 0.000465. The molecule has 0 aliphatic rings. The van der Waals surface area contributed by atoms with Crippen LogP contribution in [-0.2, 0) is 19.7 Å². The zero-order chi connectivity index (χ0) is 24.9. The number of nitrogens with zero attached hydrogens (tertiary/aromatic N) is 3. The van der Waals surface area contributed by atoms with Crippen molar-refractivity contribution in [3.63, 3.8) is 0 Å². The van der Waals surface area contributed by atoms with Crippen LogP contribution in [0.15, 0.2) is 58.3 Å². The van der Waals surface area contributed by atoms with E-state index in [9.17, 15) is 30.0 Å². The quantitative estimate of drug-likeness (QED) is 0.394. The Morgan fingerprint density at radius 3 is 2.21 bits per heavy atom. The third kappa shape index (κ3) is 4.41. The van der Waals surface area contributed by atoms with E-state index < -0.39 is 30.1 Å². The molecule has 9 nitrogen and oxygen atoms in total. The standard InChI is InChI=1S/C19H14F3N5O4S3/c1-33(28,29)13-5-3-2-4-12(13)15-26-16(14-17(27-15)32-18(23)25-14)24-10-6-8-11(9-7-10)34(30,31)19(20,21)22/h2-9H,1H3,(H2,23,25)(H,24,26,27). The van der Waals surface area contributed by atoms with Crippen molar-refractivity contribution in [3.05, 3.63) is 48.5 Å². The van der Waals surface area contributed by atoms with E-state index in [1.165, 1.54) is 12.1 Å². The second-order valence-corrected chi connectivity index (χ2v) is 11.9. The fourth-order valence-electron chi connectivity index (χ4n) is 3.01. The first-order valence-electron chi connectivity index (χ1n) is 9.19. The molecule has 0 aliphatic heterocycles. The summed E-state index contributed by atoms with van der Waals surface area (Å²) >= 11 is 1.03. The van der Waals surface area contributed by atoms with Crippen LogP contribution in [0.2, 0.25) is 0 Å². The van der Waals surface area contributed by atoms with Gasteiger partial charge >= 0.3 is 5.51 Å². The maximum Gasteiger partial charge on any atom is 0.501 e. The number of anilines is 3. The second kappa shape index (κ2) is 8.18. The van der Waals surface area contributed by atoms with Crippen LogP contribution in [0.25, 0.3) is 21.7 Å². The molecule has 0 radical (unpaired) electrons. The molecule has 0 saturated heterocycles. The minimum atomic E-state index is -5.50. The Morgan fingerprint density at radius 1 is 0.941 bits per heavy atom. The maximum atomic E-state index is 12.8. The molecule has 2 aromatic carbocycles. The number of sulfone groups is 2. The molecule has 2 heterocycles. The minimum Gasteiger partial charge on any atom is -0.375 e. The fraction of sp³-hybridized carbons (Fsp3) is 0.105. The first-order valence-corrected chi connectivity index (χ1v) is 13.4. The van der Waals surface area contributed by atoms with Crippen LogP contribution in [0.3, 0.4) is 0 Å². The Labute approximate surface area is 195 Å². The van der Waals surface area contributed by atoms with Crippen LogP contribution in [0.5, 0.6) is 0 Å². The summed E-state index contributed by atoms with van der Waals surface area (Å²) in [5.74, 6) is 0.152. The highest BCUT2D eigenvalue weighted by Gasteiger charge is 2.46. The van der Waals surface area contributed by atoms with Crippen molar-refractivity contribution < 1.29 is 30.0 Å². The molecule has 0 spiro atoms. The van der Waals surface area contributed by atoms with Gasteiger partial charge in [0, 0.05) is 17.5 Å². The molecule has 4 rings (SSSR count). The molecule has 0 bridgehead atoms. The average Bonchev–Trinajstić information content (AvgIpc) is 3.13. The SMILES string of the molecule is CS(=O)(=O)c1ccccc1-c1nc(Nc2ccc(S(=O)(=O)C(F)(F)F)cc2)c2nc(N)sc2n1. The van der Waals surface area contributed by atoms with Crippen LogP contribution in [0.4, 0.5) is 29.8 Å². The zero-order valence-electron chi connectivity index (χ0n) is 17.0. The number of nitrogens with two attached hydrogens (primary N) is 1. The van der Waals surface area contributed by atoms with Crippen molar-refractivity contribution >= 4 is 58.0 Å². The molecule has 0 aliphatic carbocycles. The Kier molecular flexibility index (Phi) is 5.73. The van der Waals surface area contributed by atoms with Crippen molar-refractivity contribution in [2.24, 2.45) is 0 Å². The molecule has 178 valence electrons. The summed E-state index contributed by atoms with van der Waals surface area (Å²) in [5.41, 5.74) is 1.04. The summed E-state index contributed by atoms with van der Waals surface area (Å²) in [6.07, 6.45) is 1.05. The topological polar surface area (TPSA) is 145 Å². The van der Waals surface area contributed by atoms with Crippen LogP contribution >= 0.6 is 11.3 Å². The van der Waals surface area contributed by atoms with E-state index in [4.69, 9.17) is 5.73 Å². The molecule has 34 heavy (non-hydrogen) atoms. The lowest BCUT2D eigenvalue weighted by Gasteiger charge is -2.11. The number of fused-ring (bicyclic) bond motifs is 1. The molecular formula is C19H14F3N5O4S3. The smallest absolute Gasteiger partial charge is 0.375 e. The predicted molar refractivity (Wildman–Crippen MR) is 121 cm³/mol. The number of rotatable bonds is 5. The normalized spacial score (nSPS) is 12.7. The van der Waals surface area contributed by atoms with E-state index in [1.54, 1.807) is 12.1 Å². The van der Waals surface area contributed by atoms with Gasteiger partial charge in [-0.05, 0) is 36.4 Å². The highest BCUT2D eigenvalue weighted by molar-refractivity contribution is 7.92. The fourth-order valence-corrected chi connectivity index (χ4v) is 5.36. The van der Waals surface area contributed by atoms with Crippen LogP contribution in [-0.4, -0.2) is 43.6 Å². The summed E-state index contributed by atoms with van der Waals surface area (Å²) in [7, 11) is -9.11. The first-order chi connectivity index (χ1) is 15.8.